The molecule has 0 saturated carbocycles. The maximum absolute atomic E-state index is 12.6. The molecule has 118 valence electrons. The summed E-state index contributed by atoms with van der Waals surface area (Å²) in [4.78, 5) is 13.7. The maximum Gasteiger partial charge on any atom is 0.291 e. The van der Waals surface area contributed by atoms with Gasteiger partial charge in [0, 0.05) is 21.5 Å². The molecule has 3 nitrogen and oxygen atoms in total. The van der Waals surface area contributed by atoms with Gasteiger partial charge in [-0.05, 0) is 62.4 Å². The number of fused-ring (bicyclic) bond motifs is 1. The van der Waals surface area contributed by atoms with Gasteiger partial charge in [0.2, 0.25) is 0 Å². The highest BCUT2D eigenvalue weighted by atomic mass is 32.2. The van der Waals surface area contributed by atoms with Crippen molar-refractivity contribution >= 4 is 34.3 Å². The highest BCUT2D eigenvalue weighted by Gasteiger charge is 2.20. The van der Waals surface area contributed by atoms with Crippen LogP contribution in [0.4, 0.5) is 5.69 Å². The van der Waals surface area contributed by atoms with Crippen LogP contribution < -0.4 is 5.32 Å². The van der Waals surface area contributed by atoms with Crippen molar-refractivity contribution in [3.63, 3.8) is 0 Å². The summed E-state index contributed by atoms with van der Waals surface area (Å²) >= 11 is 1.67. The van der Waals surface area contributed by atoms with E-state index < -0.39 is 0 Å². The maximum atomic E-state index is 12.6. The van der Waals surface area contributed by atoms with Gasteiger partial charge < -0.3 is 9.73 Å². The second kappa shape index (κ2) is 6.13. The van der Waals surface area contributed by atoms with Gasteiger partial charge in [-0.2, -0.15) is 0 Å². The minimum absolute atomic E-state index is 0.214. The second-order valence-electron chi connectivity index (χ2n) is 5.64. The number of aryl methyl sites for hydroxylation is 3. The molecule has 2 aromatic carbocycles. The van der Waals surface area contributed by atoms with E-state index in [0.29, 0.717) is 5.76 Å². The predicted octanol–water partition coefficient (Wildman–Crippen LogP) is 5.33. The largest absolute Gasteiger partial charge is 0.450 e. The van der Waals surface area contributed by atoms with Crippen molar-refractivity contribution in [3.8, 4) is 0 Å². The fourth-order valence-corrected chi connectivity index (χ4v) is 3.16. The number of amides is 1. The summed E-state index contributed by atoms with van der Waals surface area (Å²) in [6.45, 7) is 5.96. The SMILES string of the molecule is CSc1ccc(NC(=O)c2oc3c(C)ccc(C)c3c2C)cc1. The highest BCUT2D eigenvalue weighted by Crippen LogP contribution is 2.31. The van der Waals surface area contributed by atoms with Gasteiger partial charge in [-0.3, -0.25) is 4.79 Å². The van der Waals surface area contributed by atoms with E-state index in [9.17, 15) is 4.79 Å². The van der Waals surface area contributed by atoms with Gasteiger partial charge in [0.15, 0.2) is 5.76 Å². The molecule has 0 aliphatic rings. The van der Waals surface area contributed by atoms with E-state index in [-0.39, 0.29) is 5.91 Å². The van der Waals surface area contributed by atoms with Gasteiger partial charge in [0.1, 0.15) is 5.58 Å². The Morgan fingerprint density at radius 1 is 1.00 bits per heavy atom. The standard InChI is InChI=1S/C19H19NO2S/c1-11-5-6-12(2)17-16(11)13(3)18(22-17)19(21)20-14-7-9-15(23-4)10-8-14/h5-10H,1-4H3,(H,20,21). The number of benzene rings is 2. The number of nitrogens with one attached hydrogen (secondary N) is 1. The van der Waals surface area contributed by atoms with Crippen LogP contribution in [0, 0.1) is 20.8 Å². The van der Waals surface area contributed by atoms with Gasteiger partial charge >= 0.3 is 0 Å². The Hall–Kier alpha value is -2.20. The summed E-state index contributed by atoms with van der Waals surface area (Å²) in [6.07, 6.45) is 2.02. The Labute approximate surface area is 140 Å². The Morgan fingerprint density at radius 3 is 2.26 bits per heavy atom. The van der Waals surface area contributed by atoms with Crippen molar-refractivity contribution in [2.24, 2.45) is 0 Å². The molecule has 0 saturated heterocycles. The second-order valence-corrected chi connectivity index (χ2v) is 6.52. The lowest BCUT2D eigenvalue weighted by Crippen LogP contribution is -2.12. The van der Waals surface area contributed by atoms with E-state index in [1.165, 1.54) is 0 Å². The third-order valence-corrected chi connectivity index (χ3v) is 4.78. The lowest BCUT2D eigenvalue weighted by molar-refractivity contribution is 0.0998. The molecule has 0 bridgehead atoms. The van der Waals surface area contributed by atoms with E-state index in [1.54, 1.807) is 11.8 Å². The molecule has 3 aromatic rings. The summed E-state index contributed by atoms with van der Waals surface area (Å²) in [6, 6.07) is 11.9. The van der Waals surface area contributed by atoms with Crippen LogP contribution in [0.1, 0.15) is 27.2 Å². The highest BCUT2D eigenvalue weighted by molar-refractivity contribution is 7.98. The first-order chi connectivity index (χ1) is 11.0. The van der Waals surface area contributed by atoms with E-state index in [0.717, 1.165) is 38.2 Å². The monoisotopic (exact) mass is 325 g/mol. The molecule has 0 spiro atoms. The van der Waals surface area contributed by atoms with Crippen molar-refractivity contribution in [1.82, 2.24) is 0 Å². The fraction of sp³-hybridized carbons (Fsp3) is 0.211. The number of carbonyl (C=O) groups is 1. The van der Waals surface area contributed by atoms with Crippen molar-refractivity contribution in [2.75, 3.05) is 11.6 Å². The van der Waals surface area contributed by atoms with Gasteiger partial charge in [-0.15, -0.1) is 11.8 Å². The van der Waals surface area contributed by atoms with Crippen molar-refractivity contribution in [2.45, 2.75) is 25.7 Å². The number of rotatable bonds is 3. The van der Waals surface area contributed by atoms with Gasteiger partial charge in [-0.25, -0.2) is 0 Å². The Balaban J connectivity index is 1.96. The number of thioether (sulfide) groups is 1. The zero-order valence-corrected chi connectivity index (χ0v) is 14.5. The smallest absolute Gasteiger partial charge is 0.291 e. The number of hydrogen-bond acceptors (Lipinski definition) is 3. The van der Waals surface area contributed by atoms with Gasteiger partial charge in [-0.1, -0.05) is 12.1 Å². The van der Waals surface area contributed by atoms with E-state index >= 15 is 0 Å². The predicted molar refractivity (Wildman–Crippen MR) is 96.6 cm³/mol. The van der Waals surface area contributed by atoms with Crippen LogP contribution in [0.25, 0.3) is 11.0 Å². The summed E-state index contributed by atoms with van der Waals surface area (Å²) in [7, 11) is 0. The number of hydrogen-bond donors (Lipinski definition) is 1. The summed E-state index contributed by atoms with van der Waals surface area (Å²) < 4.78 is 5.87. The molecule has 0 unspecified atom stereocenters. The average Bonchev–Trinajstić information content (AvgIpc) is 2.91. The van der Waals surface area contributed by atoms with Crippen molar-refractivity contribution < 1.29 is 9.21 Å². The quantitative estimate of drug-likeness (QED) is 0.662. The topological polar surface area (TPSA) is 42.2 Å². The molecule has 1 heterocycles. The molecule has 0 aliphatic carbocycles. The molecular formula is C19H19NO2S. The number of anilines is 1. The zero-order chi connectivity index (χ0) is 16.6. The van der Waals surface area contributed by atoms with Crippen LogP contribution in [0.5, 0.6) is 0 Å². The Morgan fingerprint density at radius 2 is 1.65 bits per heavy atom. The Kier molecular flexibility index (Phi) is 4.18. The van der Waals surface area contributed by atoms with Crippen LogP contribution in [-0.4, -0.2) is 12.2 Å². The normalized spacial score (nSPS) is 11.0. The first-order valence-corrected chi connectivity index (χ1v) is 8.68. The first-order valence-electron chi connectivity index (χ1n) is 7.46. The van der Waals surface area contributed by atoms with E-state index in [4.69, 9.17) is 4.42 Å². The van der Waals surface area contributed by atoms with Gasteiger partial charge in [0.05, 0.1) is 0 Å². The number of furan rings is 1. The lowest BCUT2D eigenvalue weighted by Gasteiger charge is -2.04. The van der Waals surface area contributed by atoms with Crippen LogP contribution in [0.3, 0.4) is 0 Å². The van der Waals surface area contributed by atoms with Gasteiger partial charge in [0.25, 0.3) is 5.91 Å². The molecule has 0 aliphatic heterocycles. The van der Waals surface area contributed by atoms with E-state index in [1.807, 2.05) is 57.4 Å². The van der Waals surface area contributed by atoms with Crippen LogP contribution in [0.2, 0.25) is 0 Å². The van der Waals surface area contributed by atoms with Crippen LogP contribution >= 0.6 is 11.8 Å². The van der Waals surface area contributed by atoms with Crippen molar-refractivity contribution in [3.05, 3.63) is 58.8 Å². The molecule has 1 N–H and O–H groups in total. The molecule has 4 heteroatoms. The first kappa shape index (κ1) is 15.7. The number of carbonyl (C=O) groups excluding carboxylic acids is 1. The van der Waals surface area contributed by atoms with E-state index in [2.05, 4.69) is 11.4 Å². The van der Waals surface area contributed by atoms with Crippen molar-refractivity contribution in [1.29, 1.82) is 0 Å². The molecule has 0 atom stereocenters. The minimum atomic E-state index is -0.214. The third kappa shape index (κ3) is 2.86. The van der Waals surface area contributed by atoms with Crippen LogP contribution in [0.15, 0.2) is 45.7 Å². The molecule has 1 aromatic heterocycles. The Bertz CT molecular complexity index is 879. The molecular weight excluding hydrogens is 306 g/mol. The minimum Gasteiger partial charge on any atom is -0.450 e. The molecule has 0 fully saturated rings. The molecule has 1 amide bonds. The molecule has 0 radical (unpaired) electrons. The molecule has 3 rings (SSSR count). The van der Waals surface area contributed by atoms with Crippen LogP contribution in [-0.2, 0) is 0 Å². The summed E-state index contributed by atoms with van der Waals surface area (Å²) in [5.74, 6) is 0.167. The zero-order valence-electron chi connectivity index (χ0n) is 13.7. The summed E-state index contributed by atoms with van der Waals surface area (Å²) in [5.41, 5.74) is 4.61. The fourth-order valence-electron chi connectivity index (χ4n) is 2.75. The summed E-state index contributed by atoms with van der Waals surface area (Å²) in [5, 5.41) is 3.94. The lowest BCUT2D eigenvalue weighted by atomic mass is 10.0. The molecule has 23 heavy (non-hydrogen) atoms. The average molecular weight is 325 g/mol. The third-order valence-electron chi connectivity index (χ3n) is 4.04.